The molecule has 0 bridgehead atoms. The fourth-order valence-electron chi connectivity index (χ4n) is 4.71. The number of sulfonamides is 1. The summed E-state index contributed by atoms with van der Waals surface area (Å²) in [5, 5.41) is 0. The first-order chi connectivity index (χ1) is 13.9. The van der Waals surface area contributed by atoms with Crippen LogP contribution in [0.3, 0.4) is 0 Å². The van der Waals surface area contributed by atoms with Crippen LogP contribution in [0.15, 0.2) is 32.3 Å². The summed E-state index contributed by atoms with van der Waals surface area (Å²) < 4.78 is 35.6. The highest BCUT2D eigenvalue weighted by molar-refractivity contribution is 7.89. The van der Waals surface area contributed by atoms with E-state index in [9.17, 15) is 13.2 Å². The summed E-state index contributed by atoms with van der Waals surface area (Å²) >= 11 is 0. The minimum Gasteiger partial charge on any atom is -0.408 e. The molecule has 2 fully saturated rings. The molecule has 3 heterocycles. The number of piperidine rings is 2. The van der Waals surface area contributed by atoms with Gasteiger partial charge in [0, 0.05) is 31.2 Å². The summed E-state index contributed by atoms with van der Waals surface area (Å²) in [6.45, 7) is 7.28. The maximum atomic E-state index is 13.5. The molecular weight excluding hydrogens is 390 g/mol. The smallest absolute Gasteiger partial charge is 0.408 e. The number of hydrogen-bond donors (Lipinski definition) is 0. The van der Waals surface area contributed by atoms with E-state index >= 15 is 0 Å². The Morgan fingerprint density at radius 1 is 1.07 bits per heavy atom. The molecule has 2 aliphatic rings. The van der Waals surface area contributed by atoms with Crippen molar-refractivity contribution in [3.05, 3.63) is 28.7 Å². The van der Waals surface area contributed by atoms with E-state index in [1.54, 1.807) is 21.0 Å². The van der Waals surface area contributed by atoms with Crippen molar-refractivity contribution in [2.24, 2.45) is 0 Å². The van der Waals surface area contributed by atoms with Crippen molar-refractivity contribution in [2.45, 2.75) is 69.4 Å². The zero-order chi connectivity index (χ0) is 20.6. The average molecular weight is 422 g/mol. The van der Waals surface area contributed by atoms with E-state index in [0.29, 0.717) is 17.6 Å². The van der Waals surface area contributed by atoms with E-state index in [4.69, 9.17) is 4.42 Å². The maximum absolute atomic E-state index is 13.5. The first kappa shape index (κ1) is 20.6. The summed E-state index contributed by atoms with van der Waals surface area (Å²) in [5.41, 5.74) is 0.960. The van der Waals surface area contributed by atoms with Gasteiger partial charge in [-0.1, -0.05) is 12.8 Å². The van der Waals surface area contributed by atoms with E-state index in [-0.39, 0.29) is 17.0 Å². The Balaban J connectivity index is 1.64. The van der Waals surface area contributed by atoms with Gasteiger partial charge >= 0.3 is 5.76 Å². The molecule has 1 aromatic carbocycles. The molecule has 2 saturated heterocycles. The Morgan fingerprint density at radius 3 is 2.52 bits per heavy atom. The Labute approximate surface area is 172 Å². The number of likely N-dealkylation sites (tertiary alicyclic amines) is 1. The third-order valence-corrected chi connectivity index (χ3v) is 8.15. The predicted molar refractivity (Wildman–Crippen MR) is 113 cm³/mol. The van der Waals surface area contributed by atoms with Crippen molar-refractivity contribution in [1.82, 2.24) is 13.8 Å². The molecule has 0 radical (unpaired) electrons. The molecule has 2 aromatic rings. The third kappa shape index (κ3) is 4.02. The van der Waals surface area contributed by atoms with Crippen LogP contribution in [0.4, 0.5) is 0 Å². The largest absolute Gasteiger partial charge is 0.420 e. The molecule has 4 rings (SSSR count). The van der Waals surface area contributed by atoms with Crippen LogP contribution in [-0.4, -0.2) is 54.4 Å². The molecule has 0 amide bonds. The second-order valence-corrected chi connectivity index (χ2v) is 10.5. The van der Waals surface area contributed by atoms with Gasteiger partial charge in [0.15, 0.2) is 5.58 Å². The van der Waals surface area contributed by atoms with Crippen molar-refractivity contribution in [3.63, 3.8) is 0 Å². The van der Waals surface area contributed by atoms with Crippen LogP contribution in [0.5, 0.6) is 0 Å². The second-order valence-electron chi connectivity index (χ2n) is 8.59. The standard InChI is InChI=1S/C21H31N3O4S/c1-16(2)24-19-10-9-18(14-20(19)28-21(24)25)29(26,27)23-13-7-4-8-17(23)15-22-11-5-3-6-12-22/h9-10,14,16-17H,3-8,11-13,15H2,1-2H3. The molecule has 1 unspecified atom stereocenters. The third-order valence-electron chi connectivity index (χ3n) is 6.20. The topological polar surface area (TPSA) is 75.8 Å². The van der Waals surface area contributed by atoms with Crippen molar-refractivity contribution in [3.8, 4) is 0 Å². The molecule has 160 valence electrons. The van der Waals surface area contributed by atoms with Gasteiger partial charge in [0.1, 0.15) is 0 Å². The van der Waals surface area contributed by atoms with E-state index in [1.165, 1.54) is 25.3 Å². The van der Waals surface area contributed by atoms with Gasteiger partial charge in [0.25, 0.3) is 0 Å². The molecular formula is C21H31N3O4S. The summed E-state index contributed by atoms with van der Waals surface area (Å²) in [7, 11) is -3.64. The Morgan fingerprint density at radius 2 is 1.79 bits per heavy atom. The Kier molecular flexibility index (Phi) is 5.86. The second kappa shape index (κ2) is 8.24. The van der Waals surface area contributed by atoms with E-state index < -0.39 is 15.8 Å². The van der Waals surface area contributed by atoms with Gasteiger partial charge in [0.2, 0.25) is 10.0 Å². The average Bonchev–Trinajstić information content (AvgIpc) is 3.04. The predicted octanol–water partition coefficient (Wildman–Crippen LogP) is 3.20. The molecule has 2 aliphatic heterocycles. The van der Waals surface area contributed by atoms with Gasteiger partial charge in [-0.25, -0.2) is 13.2 Å². The molecule has 29 heavy (non-hydrogen) atoms. The lowest BCUT2D eigenvalue weighted by Crippen LogP contribution is -2.50. The SMILES string of the molecule is CC(C)n1c(=O)oc2cc(S(=O)(=O)N3CCCCC3CN3CCCCC3)ccc21. The van der Waals surface area contributed by atoms with Crippen LogP contribution >= 0.6 is 0 Å². The van der Waals surface area contributed by atoms with Gasteiger partial charge in [-0.15, -0.1) is 0 Å². The molecule has 8 heteroatoms. The highest BCUT2D eigenvalue weighted by Gasteiger charge is 2.35. The number of benzene rings is 1. The number of fused-ring (bicyclic) bond motifs is 1. The van der Waals surface area contributed by atoms with Gasteiger partial charge in [-0.3, -0.25) is 4.57 Å². The number of rotatable bonds is 5. The molecule has 1 aromatic heterocycles. The maximum Gasteiger partial charge on any atom is 0.420 e. The highest BCUT2D eigenvalue weighted by Crippen LogP contribution is 2.29. The van der Waals surface area contributed by atoms with Gasteiger partial charge in [0.05, 0.1) is 10.4 Å². The van der Waals surface area contributed by atoms with Crippen molar-refractivity contribution < 1.29 is 12.8 Å². The molecule has 1 atom stereocenters. The zero-order valence-electron chi connectivity index (χ0n) is 17.3. The van der Waals surface area contributed by atoms with Crippen LogP contribution in [-0.2, 0) is 10.0 Å². The van der Waals surface area contributed by atoms with Gasteiger partial charge < -0.3 is 9.32 Å². The van der Waals surface area contributed by atoms with Crippen molar-refractivity contribution >= 4 is 21.1 Å². The Bertz CT molecular complexity index is 1020. The lowest BCUT2D eigenvalue weighted by molar-refractivity contribution is 0.150. The quantitative estimate of drug-likeness (QED) is 0.741. The summed E-state index contributed by atoms with van der Waals surface area (Å²) in [5.74, 6) is -0.453. The first-order valence-electron chi connectivity index (χ1n) is 10.8. The van der Waals surface area contributed by atoms with E-state index in [1.807, 2.05) is 13.8 Å². The van der Waals surface area contributed by atoms with Crippen LogP contribution in [0, 0.1) is 0 Å². The monoisotopic (exact) mass is 421 g/mol. The summed E-state index contributed by atoms with van der Waals surface area (Å²) in [4.78, 5) is 14.8. The van der Waals surface area contributed by atoms with Crippen LogP contribution in [0.2, 0.25) is 0 Å². The molecule has 7 nitrogen and oxygen atoms in total. The normalized spacial score (nSPS) is 22.5. The minimum atomic E-state index is -3.64. The summed E-state index contributed by atoms with van der Waals surface area (Å²) in [6, 6.07) is 4.77. The number of hydrogen-bond acceptors (Lipinski definition) is 5. The highest BCUT2D eigenvalue weighted by atomic mass is 32.2. The van der Waals surface area contributed by atoms with Crippen LogP contribution in [0.1, 0.15) is 58.4 Å². The van der Waals surface area contributed by atoms with Gasteiger partial charge in [-0.05, 0) is 64.8 Å². The molecule has 0 aliphatic carbocycles. The zero-order valence-corrected chi connectivity index (χ0v) is 18.2. The van der Waals surface area contributed by atoms with Crippen molar-refractivity contribution in [2.75, 3.05) is 26.2 Å². The van der Waals surface area contributed by atoms with Gasteiger partial charge in [-0.2, -0.15) is 4.31 Å². The lowest BCUT2D eigenvalue weighted by atomic mass is 10.0. The number of oxazole rings is 1. The number of aromatic nitrogens is 1. The summed E-state index contributed by atoms with van der Waals surface area (Å²) in [6.07, 6.45) is 6.51. The van der Waals surface area contributed by atoms with E-state index in [2.05, 4.69) is 4.90 Å². The van der Waals surface area contributed by atoms with Crippen LogP contribution in [0.25, 0.3) is 11.1 Å². The minimum absolute atomic E-state index is 0.00909. The van der Waals surface area contributed by atoms with E-state index in [0.717, 1.165) is 38.9 Å². The molecule has 0 N–H and O–H groups in total. The Hall–Kier alpha value is -1.64. The molecule has 0 spiro atoms. The lowest BCUT2D eigenvalue weighted by Gasteiger charge is -2.38. The fraction of sp³-hybridized carbons (Fsp3) is 0.667. The first-order valence-corrected chi connectivity index (χ1v) is 12.2. The fourth-order valence-corrected chi connectivity index (χ4v) is 6.42. The van der Waals surface area contributed by atoms with Crippen LogP contribution < -0.4 is 5.76 Å². The number of nitrogens with zero attached hydrogens (tertiary/aromatic N) is 3. The van der Waals surface area contributed by atoms with Crippen molar-refractivity contribution in [1.29, 1.82) is 0 Å². The molecule has 0 saturated carbocycles.